The predicted octanol–water partition coefficient (Wildman–Crippen LogP) is 4.67. The van der Waals surface area contributed by atoms with Gasteiger partial charge < -0.3 is 10.6 Å². The van der Waals surface area contributed by atoms with E-state index in [1.165, 1.54) is 6.33 Å². The SMILES string of the molecule is Cc1ccc(CNc2ncnc(Nc3cc(C)cc(C)c3)c2[N+](=O)[O-])cc1. The zero-order valence-corrected chi connectivity index (χ0v) is 15.5. The number of rotatable bonds is 6. The van der Waals surface area contributed by atoms with Crippen LogP contribution in [0.1, 0.15) is 22.3 Å². The lowest BCUT2D eigenvalue weighted by atomic mass is 10.1. The molecule has 0 saturated carbocycles. The number of hydrogen-bond donors (Lipinski definition) is 2. The van der Waals surface area contributed by atoms with Gasteiger partial charge in [-0.05, 0) is 49.6 Å². The summed E-state index contributed by atoms with van der Waals surface area (Å²) in [7, 11) is 0. The maximum absolute atomic E-state index is 11.7. The fourth-order valence-corrected chi connectivity index (χ4v) is 2.85. The van der Waals surface area contributed by atoms with E-state index in [2.05, 4.69) is 20.6 Å². The van der Waals surface area contributed by atoms with E-state index in [1.807, 2.05) is 63.2 Å². The maximum atomic E-state index is 11.7. The van der Waals surface area contributed by atoms with Gasteiger partial charge in [-0.15, -0.1) is 0 Å². The number of aromatic nitrogens is 2. The third-order valence-corrected chi connectivity index (χ3v) is 4.07. The molecule has 1 heterocycles. The van der Waals surface area contributed by atoms with Crippen molar-refractivity contribution in [1.82, 2.24) is 9.97 Å². The Morgan fingerprint density at radius 2 is 1.56 bits per heavy atom. The molecular formula is C20H21N5O2. The second kappa shape index (κ2) is 7.82. The summed E-state index contributed by atoms with van der Waals surface area (Å²) in [6.07, 6.45) is 1.31. The molecule has 0 bridgehead atoms. The molecular weight excluding hydrogens is 342 g/mol. The van der Waals surface area contributed by atoms with Gasteiger partial charge in [0.15, 0.2) is 0 Å². The van der Waals surface area contributed by atoms with Crippen LogP contribution in [0.4, 0.5) is 23.0 Å². The Kier molecular flexibility index (Phi) is 5.30. The molecule has 0 aliphatic carbocycles. The molecule has 0 fully saturated rings. The van der Waals surface area contributed by atoms with Crippen molar-refractivity contribution in [2.45, 2.75) is 27.3 Å². The topological polar surface area (TPSA) is 93.0 Å². The lowest BCUT2D eigenvalue weighted by Gasteiger charge is -2.11. The molecule has 7 nitrogen and oxygen atoms in total. The number of anilines is 3. The van der Waals surface area contributed by atoms with Crippen LogP contribution in [0.15, 0.2) is 48.8 Å². The van der Waals surface area contributed by atoms with Gasteiger partial charge in [0.2, 0.25) is 11.6 Å². The third kappa shape index (κ3) is 4.58. The number of nitrogens with one attached hydrogen (secondary N) is 2. The van der Waals surface area contributed by atoms with E-state index in [-0.39, 0.29) is 17.3 Å². The summed E-state index contributed by atoms with van der Waals surface area (Å²) >= 11 is 0. The molecule has 0 unspecified atom stereocenters. The second-order valence-electron chi connectivity index (χ2n) is 6.52. The number of nitrogens with zero attached hydrogens (tertiary/aromatic N) is 3. The summed E-state index contributed by atoms with van der Waals surface area (Å²) in [5.41, 5.74) is 4.87. The molecule has 27 heavy (non-hydrogen) atoms. The van der Waals surface area contributed by atoms with Crippen LogP contribution in [-0.2, 0) is 6.54 Å². The first kappa shape index (κ1) is 18.3. The molecule has 1 aromatic heterocycles. The molecule has 0 saturated heterocycles. The quantitative estimate of drug-likeness (QED) is 0.488. The first-order valence-corrected chi connectivity index (χ1v) is 8.56. The molecule has 3 aromatic rings. The van der Waals surface area contributed by atoms with Crippen molar-refractivity contribution in [2.24, 2.45) is 0 Å². The van der Waals surface area contributed by atoms with Gasteiger partial charge in [-0.2, -0.15) is 0 Å². The van der Waals surface area contributed by atoms with Crippen molar-refractivity contribution in [3.8, 4) is 0 Å². The Morgan fingerprint density at radius 3 is 2.19 bits per heavy atom. The minimum Gasteiger partial charge on any atom is -0.360 e. The average molecular weight is 363 g/mol. The molecule has 0 spiro atoms. The van der Waals surface area contributed by atoms with Crippen molar-refractivity contribution in [3.05, 3.63) is 81.2 Å². The highest BCUT2D eigenvalue weighted by Crippen LogP contribution is 2.31. The van der Waals surface area contributed by atoms with Gasteiger partial charge in [-0.25, -0.2) is 9.97 Å². The van der Waals surface area contributed by atoms with Gasteiger partial charge in [0, 0.05) is 12.2 Å². The molecule has 0 atom stereocenters. The van der Waals surface area contributed by atoms with E-state index in [4.69, 9.17) is 0 Å². The summed E-state index contributed by atoms with van der Waals surface area (Å²) in [6, 6.07) is 13.8. The van der Waals surface area contributed by atoms with Gasteiger partial charge in [0.1, 0.15) is 6.33 Å². The number of benzene rings is 2. The van der Waals surface area contributed by atoms with Crippen LogP contribution in [0, 0.1) is 30.9 Å². The van der Waals surface area contributed by atoms with Crippen LogP contribution in [0.2, 0.25) is 0 Å². The molecule has 2 N–H and O–H groups in total. The molecule has 0 radical (unpaired) electrons. The van der Waals surface area contributed by atoms with Crippen LogP contribution < -0.4 is 10.6 Å². The Bertz CT molecular complexity index is 950. The molecule has 0 amide bonds. The monoisotopic (exact) mass is 363 g/mol. The minimum absolute atomic E-state index is 0.159. The van der Waals surface area contributed by atoms with Gasteiger partial charge in [0.05, 0.1) is 4.92 Å². The van der Waals surface area contributed by atoms with E-state index in [0.717, 1.165) is 27.9 Å². The summed E-state index contributed by atoms with van der Waals surface area (Å²) in [5.74, 6) is 0.342. The first-order chi connectivity index (χ1) is 12.9. The summed E-state index contributed by atoms with van der Waals surface area (Å²) in [6.45, 7) is 6.39. The zero-order chi connectivity index (χ0) is 19.4. The Balaban J connectivity index is 1.87. The van der Waals surface area contributed by atoms with Crippen LogP contribution in [0.25, 0.3) is 0 Å². The van der Waals surface area contributed by atoms with Gasteiger partial charge in [-0.3, -0.25) is 10.1 Å². The van der Waals surface area contributed by atoms with Crippen LogP contribution >= 0.6 is 0 Å². The standard InChI is InChI=1S/C20H21N5O2/c1-13-4-6-16(7-5-13)11-21-19-18(25(26)27)20(23-12-22-19)24-17-9-14(2)8-15(3)10-17/h4-10,12H,11H2,1-3H3,(H2,21,22,23,24). The van der Waals surface area contributed by atoms with Crippen LogP contribution in [-0.4, -0.2) is 14.9 Å². The van der Waals surface area contributed by atoms with Gasteiger partial charge in [0.25, 0.3) is 0 Å². The van der Waals surface area contributed by atoms with E-state index in [9.17, 15) is 10.1 Å². The molecule has 138 valence electrons. The summed E-state index contributed by atoms with van der Waals surface area (Å²) < 4.78 is 0. The van der Waals surface area contributed by atoms with Crippen molar-refractivity contribution < 1.29 is 4.92 Å². The van der Waals surface area contributed by atoms with Crippen molar-refractivity contribution >= 4 is 23.0 Å². The van der Waals surface area contributed by atoms with Crippen LogP contribution in [0.3, 0.4) is 0 Å². The van der Waals surface area contributed by atoms with Crippen molar-refractivity contribution in [3.63, 3.8) is 0 Å². The fraction of sp³-hybridized carbons (Fsp3) is 0.200. The highest BCUT2D eigenvalue weighted by Gasteiger charge is 2.23. The second-order valence-corrected chi connectivity index (χ2v) is 6.52. The molecule has 0 aliphatic rings. The predicted molar refractivity (Wildman–Crippen MR) is 106 cm³/mol. The average Bonchev–Trinajstić information content (AvgIpc) is 2.60. The largest absolute Gasteiger partial charge is 0.360 e. The molecule has 0 aliphatic heterocycles. The Morgan fingerprint density at radius 1 is 0.926 bits per heavy atom. The Labute approximate surface area is 157 Å². The molecule has 3 rings (SSSR count). The third-order valence-electron chi connectivity index (χ3n) is 4.07. The van der Waals surface area contributed by atoms with E-state index < -0.39 is 4.92 Å². The maximum Gasteiger partial charge on any atom is 0.353 e. The van der Waals surface area contributed by atoms with E-state index in [1.54, 1.807) is 0 Å². The van der Waals surface area contributed by atoms with Crippen LogP contribution in [0.5, 0.6) is 0 Å². The minimum atomic E-state index is -0.470. The van der Waals surface area contributed by atoms with Crippen molar-refractivity contribution in [2.75, 3.05) is 10.6 Å². The zero-order valence-electron chi connectivity index (χ0n) is 15.5. The lowest BCUT2D eigenvalue weighted by molar-refractivity contribution is -0.383. The summed E-state index contributed by atoms with van der Waals surface area (Å²) in [4.78, 5) is 19.3. The highest BCUT2D eigenvalue weighted by atomic mass is 16.6. The smallest absolute Gasteiger partial charge is 0.353 e. The Hall–Kier alpha value is -3.48. The fourth-order valence-electron chi connectivity index (χ4n) is 2.85. The van der Waals surface area contributed by atoms with Crippen molar-refractivity contribution in [1.29, 1.82) is 0 Å². The van der Waals surface area contributed by atoms with Gasteiger partial charge in [-0.1, -0.05) is 35.9 Å². The van der Waals surface area contributed by atoms with E-state index >= 15 is 0 Å². The first-order valence-electron chi connectivity index (χ1n) is 8.56. The van der Waals surface area contributed by atoms with Gasteiger partial charge >= 0.3 is 5.69 Å². The van der Waals surface area contributed by atoms with E-state index in [0.29, 0.717) is 6.54 Å². The molecule has 7 heteroatoms. The number of nitro groups is 1. The number of hydrogen-bond acceptors (Lipinski definition) is 6. The molecule has 2 aromatic carbocycles. The normalized spacial score (nSPS) is 10.5. The number of aryl methyl sites for hydroxylation is 3. The summed E-state index contributed by atoms with van der Waals surface area (Å²) in [5, 5.41) is 17.8. The lowest BCUT2D eigenvalue weighted by Crippen LogP contribution is -2.08. The highest BCUT2D eigenvalue weighted by molar-refractivity contribution is 5.74.